The van der Waals surface area contributed by atoms with Gasteiger partial charge in [-0.3, -0.25) is 14.3 Å². The van der Waals surface area contributed by atoms with E-state index in [-0.39, 0.29) is 28.6 Å². The van der Waals surface area contributed by atoms with Crippen LogP contribution in [0.15, 0.2) is 52.2 Å². The van der Waals surface area contributed by atoms with Gasteiger partial charge in [0.15, 0.2) is 0 Å². The van der Waals surface area contributed by atoms with Crippen LogP contribution in [0.3, 0.4) is 0 Å². The smallest absolute Gasteiger partial charge is 0.266 e. The molecule has 0 aliphatic rings. The zero-order valence-electron chi connectivity index (χ0n) is 17.3. The van der Waals surface area contributed by atoms with Gasteiger partial charge in [-0.2, -0.15) is 5.10 Å². The van der Waals surface area contributed by atoms with Crippen molar-refractivity contribution in [3.05, 3.63) is 70.0 Å². The molecule has 2 heterocycles. The molecule has 3 aromatic rings. The molecular formula is C20H22N6O4S. The first-order valence-corrected chi connectivity index (χ1v) is 10.9. The summed E-state index contributed by atoms with van der Waals surface area (Å²) < 4.78 is 28.8. The predicted octanol–water partition coefficient (Wildman–Crippen LogP) is 1.56. The van der Waals surface area contributed by atoms with Gasteiger partial charge in [0, 0.05) is 43.4 Å². The van der Waals surface area contributed by atoms with Gasteiger partial charge in [0.05, 0.1) is 10.6 Å². The average molecular weight is 443 g/mol. The molecule has 1 amide bonds. The van der Waals surface area contributed by atoms with Gasteiger partial charge in [0.2, 0.25) is 5.91 Å². The second kappa shape index (κ2) is 9.04. The molecule has 3 rings (SSSR count). The maximum absolute atomic E-state index is 12.6. The van der Waals surface area contributed by atoms with Crippen LogP contribution in [0.2, 0.25) is 0 Å². The first-order chi connectivity index (χ1) is 14.6. The number of hydrogen-bond donors (Lipinski definition) is 2. The Hall–Kier alpha value is -3.60. The van der Waals surface area contributed by atoms with E-state index in [1.165, 1.54) is 35.0 Å². The molecule has 11 heteroatoms. The first kappa shape index (κ1) is 22.1. The van der Waals surface area contributed by atoms with Gasteiger partial charge in [-0.15, -0.1) is 0 Å². The summed E-state index contributed by atoms with van der Waals surface area (Å²) in [4.78, 5) is 31.7. The van der Waals surface area contributed by atoms with Crippen molar-refractivity contribution >= 4 is 27.4 Å². The van der Waals surface area contributed by atoms with E-state index in [1.54, 1.807) is 33.0 Å². The number of aryl methyl sites for hydroxylation is 4. The summed E-state index contributed by atoms with van der Waals surface area (Å²) >= 11 is 0. The Labute approximate surface area is 179 Å². The van der Waals surface area contributed by atoms with Crippen molar-refractivity contribution in [2.75, 3.05) is 10.0 Å². The highest BCUT2D eigenvalue weighted by atomic mass is 32.2. The first-order valence-electron chi connectivity index (χ1n) is 9.41. The average Bonchev–Trinajstić information content (AvgIpc) is 2.68. The number of carbonyl (C=O) groups excluding carboxylic acids is 1. The summed E-state index contributed by atoms with van der Waals surface area (Å²) in [6.07, 6.45) is 0.535. The lowest BCUT2D eigenvalue weighted by molar-refractivity contribution is -0.116. The lowest BCUT2D eigenvalue weighted by Crippen LogP contribution is -2.20. The van der Waals surface area contributed by atoms with Gasteiger partial charge >= 0.3 is 0 Å². The molecule has 0 fully saturated rings. The highest BCUT2D eigenvalue weighted by Crippen LogP contribution is 2.18. The van der Waals surface area contributed by atoms with Gasteiger partial charge in [-0.1, -0.05) is 0 Å². The van der Waals surface area contributed by atoms with Gasteiger partial charge in [0.25, 0.3) is 15.6 Å². The second-order valence-electron chi connectivity index (χ2n) is 6.91. The third kappa shape index (κ3) is 5.95. The monoisotopic (exact) mass is 442 g/mol. The molecule has 0 saturated carbocycles. The van der Waals surface area contributed by atoms with Crippen LogP contribution in [-0.4, -0.2) is 34.1 Å². The molecule has 0 unspecified atom stereocenters. The number of nitrogens with one attached hydrogen (secondary N) is 2. The van der Waals surface area contributed by atoms with Crippen molar-refractivity contribution in [3.63, 3.8) is 0 Å². The molecule has 2 aromatic heterocycles. The van der Waals surface area contributed by atoms with Crippen molar-refractivity contribution in [2.24, 2.45) is 7.05 Å². The Morgan fingerprint density at radius 3 is 2.42 bits per heavy atom. The number of nitrogens with zero attached hydrogens (tertiary/aromatic N) is 4. The molecule has 0 saturated heterocycles. The van der Waals surface area contributed by atoms with Crippen molar-refractivity contribution in [2.45, 2.75) is 31.6 Å². The maximum atomic E-state index is 12.6. The molecule has 1 aromatic carbocycles. The summed E-state index contributed by atoms with van der Waals surface area (Å²) in [5.41, 5.74) is 1.52. The number of aromatic nitrogens is 4. The number of hydrogen-bond acceptors (Lipinski definition) is 7. The summed E-state index contributed by atoms with van der Waals surface area (Å²) in [6.45, 7) is 3.43. The number of carbonyl (C=O) groups is 1. The Morgan fingerprint density at radius 2 is 1.77 bits per heavy atom. The van der Waals surface area contributed by atoms with Crippen LogP contribution in [0, 0.1) is 13.8 Å². The molecule has 0 radical (unpaired) electrons. The molecule has 31 heavy (non-hydrogen) atoms. The molecule has 0 aliphatic heterocycles. The fourth-order valence-corrected chi connectivity index (χ4v) is 3.82. The van der Waals surface area contributed by atoms with E-state index in [9.17, 15) is 18.0 Å². The number of rotatable bonds is 7. The van der Waals surface area contributed by atoms with Gasteiger partial charge < -0.3 is 5.32 Å². The molecule has 0 aliphatic carbocycles. The number of benzene rings is 1. The minimum atomic E-state index is -3.84. The topological polar surface area (TPSA) is 136 Å². The van der Waals surface area contributed by atoms with Gasteiger partial charge in [-0.25, -0.2) is 23.1 Å². The molecule has 2 N–H and O–H groups in total. The standard InChI is InChI=1S/C20H22N6O4S/c1-13-12-18(22-14(2)21-13)25-31(29,30)17-8-4-15(5-9-17)23-19(27)10-6-16-7-11-20(28)26(3)24-16/h4-5,7-9,11-12H,6,10H2,1-3H3,(H,23,27)(H,21,22,25). The highest BCUT2D eigenvalue weighted by Gasteiger charge is 2.16. The van der Waals surface area contributed by atoms with Crippen molar-refractivity contribution < 1.29 is 13.2 Å². The van der Waals surface area contributed by atoms with E-state index in [0.717, 1.165) is 0 Å². The van der Waals surface area contributed by atoms with Crippen molar-refractivity contribution in [3.8, 4) is 0 Å². The van der Waals surface area contributed by atoms with E-state index in [4.69, 9.17) is 0 Å². The van der Waals surface area contributed by atoms with Gasteiger partial charge in [-0.05, 0) is 44.2 Å². The summed E-state index contributed by atoms with van der Waals surface area (Å²) in [5.74, 6) is 0.398. The Kier molecular flexibility index (Phi) is 6.44. The molecule has 0 atom stereocenters. The summed E-state index contributed by atoms with van der Waals surface area (Å²) in [5, 5.41) is 6.79. The number of anilines is 2. The minimum absolute atomic E-state index is 0.0359. The van der Waals surface area contributed by atoms with Crippen LogP contribution in [-0.2, 0) is 28.3 Å². The third-order valence-electron chi connectivity index (χ3n) is 4.28. The highest BCUT2D eigenvalue weighted by molar-refractivity contribution is 7.92. The zero-order chi connectivity index (χ0) is 22.6. The third-order valence-corrected chi connectivity index (χ3v) is 5.65. The Balaban J connectivity index is 1.61. The Bertz CT molecular complexity index is 1250. The largest absolute Gasteiger partial charge is 0.326 e. The van der Waals surface area contributed by atoms with E-state index in [2.05, 4.69) is 25.1 Å². The predicted molar refractivity (Wildman–Crippen MR) is 115 cm³/mol. The van der Waals surface area contributed by atoms with Crippen LogP contribution in [0.1, 0.15) is 23.6 Å². The molecule has 0 spiro atoms. The van der Waals surface area contributed by atoms with Crippen LogP contribution in [0.5, 0.6) is 0 Å². The van der Waals surface area contributed by atoms with Crippen LogP contribution >= 0.6 is 0 Å². The lowest BCUT2D eigenvalue weighted by atomic mass is 10.2. The maximum Gasteiger partial charge on any atom is 0.266 e. The molecule has 0 bridgehead atoms. The SMILES string of the molecule is Cc1cc(NS(=O)(=O)c2ccc(NC(=O)CCc3ccc(=O)n(C)n3)cc2)nc(C)n1. The van der Waals surface area contributed by atoms with Crippen LogP contribution < -0.4 is 15.6 Å². The summed E-state index contributed by atoms with van der Waals surface area (Å²) in [6, 6.07) is 10.3. The lowest BCUT2D eigenvalue weighted by Gasteiger charge is -2.10. The van der Waals surface area contributed by atoms with E-state index >= 15 is 0 Å². The molecule has 10 nitrogen and oxygen atoms in total. The number of sulfonamides is 1. The zero-order valence-corrected chi connectivity index (χ0v) is 18.1. The van der Waals surface area contributed by atoms with E-state index < -0.39 is 10.0 Å². The Morgan fingerprint density at radius 1 is 1.06 bits per heavy atom. The van der Waals surface area contributed by atoms with Crippen molar-refractivity contribution in [1.29, 1.82) is 0 Å². The fourth-order valence-electron chi connectivity index (χ4n) is 2.83. The van der Waals surface area contributed by atoms with Crippen LogP contribution in [0.4, 0.5) is 11.5 Å². The second-order valence-corrected chi connectivity index (χ2v) is 8.59. The summed E-state index contributed by atoms with van der Waals surface area (Å²) in [7, 11) is -2.29. The molecular weight excluding hydrogens is 420 g/mol. The quantitative estimate of drug-likeness (QED) is 0.567. The number of amides is 1. The normalized spacial score (nSPS) is 11.2. The van der Waals surface area contributed by atoms with Crippen molar-refractivity contribution in [1.82, 2.24) is 19.7 Å². The fraction of sp³-hybridized carbons (Fsp3) is 0.250. The molecule has 162 valence electrons. The van der Waals surface area contributed by atoms with Crippen LogP contribution in [0.25, 0.3) is 0 Å². The van der Waals surface area contributed by atoms with Gasteiger partial charge in [0.1, 0.15) is 11.6 Å². The van der Waals surface area contributed by atoms with E-state index in [1.807, 2.05) is 0 Å². The minimum Gasteiger partial charge on any atom is -0.326 e. The van der Waals surface area contributed by atoms with E-state index in [0.29, 0.717) is 29.3 Å².